The number of carbonyl (C=O) groups is 2. The first-order chi connectivity index (χ1) is 12.4. The van der Waals surface area contributed by atoms with Gasteiger partial charge in [0, 0.05) is 19.6 Å². The summed E-state index contributed by atoms with van der Waals surface area (Å²) in [6.45, 7) is 0.599. The van der Waals surface area contributed by atoms with Crippen LogP contribution in [-0.4, -0.2) is 56.3 Å². The molecule has 0 aromatic heterocycles. The number of aryl methyl sites for hydroxylation is 1. The molecule has 3 atom stereocenters. The molecule has 2 amide bonds. The molecule has 1 aliphatic carbocycles. The molecule has 1 aromatic rings. The fourth-order valence-corrected chi connectivity index (χ4v) is 5.33. The number of carbonyl (C=O) groups excluding carboxylic acids is 2. The third kappa shape index (κ3) is 4.63. The average Bonchev–Trinajstić information content (AvgIpc) is 3.35. The van der Waals surface area contributed by atoms with Crippen molar-refractivity contribution in [1.82, 2.24) is 10.2 Å². The molecule has 1 aliphatic heterocycles. The minimum Gasteiger partial charge on any atom is -0.356 e. The first-order valence-electron chi connectivity index (χ1n) is 9.16. The van der Waals surface area contributed by atoms with Crippen molar-refractivity contribution in [3.63, 3.8) is 0 Å². The molecule has 3 rings (SSSR count). The molecule has 3 unspecified atom stereocenters. The van der Waals surface area contributed by atoms with E-state index in [0.29, 0.717) is 19.4 Å². The van der Waals surface area contributed by atoms with E-state index in [1.54, 1.807) is 7.05 Å². The van der Waals surface area contributed by atoms with Gasteiger partial charge in [0.05, 0.1) is 23.3 Å². The Kier molecular flexibility index (Phi) is 5.65. The minimum absolute atomic E-state index is 0.0400. The van der Waals surface area contributed by atoms with Crippen molar-refractivity contribution < 1.29 is 18.0 Å². The van der Waals surface area contributed by atoms with Gasteiger partial charge in [-0.1, -0.05) is 30.3 Å². The Morgan fingerprint density at radius 2 is 1.92 bits per heavy atom. The summed E-state index contributed by atoms with van der Waals surface area (Å²) in [6, 6.07) is 9.86. The minimum atomic E-state index is -3.02. The summed E-state index contributed by atoms with van der Waals surface area (Å²) in [6.07, 6.45) is 2.83. The summed E-state index contributed by atoms with van der Waals surface area (Å²) >= 11 is 0. The van der Waals surface area contributed by atoms with Crippen LogP contribution in [0.5, 0.6) is 0 Å². The van der Waals surface area contributed by atoms with Crippen LogP contribution in [0.1, 0.15) is 24.8 Å². The van der Waals surface area contributed by atoms with E-state index in [0.717, 1.165) is 12.8 Å². The van der Waals surface area contributed by atoms with Crippen LogP contribution in [0, 0.1) is 11.8 Å². The fourth-order valence-electron chi connectivity index (χ4n) is 3.56. The number of sulfone groups is 1. The van der Waals surface area contributed by atoms with Gasteiger partial charge in [0.1, 0.15) is 0 Å². The zero-order valence-corrected chi connectivity index (χ0v) is 15.9. The first kappa shape index (κ1) is 18.9. The molecule has 7 heteroatoms. The Balaban J connectivity index is 1.38. The number of amides is 2. The molecular weight excluding hydrogens is 352 g/mol. The third-order valence-corrected chi connectivity index (χ3v) is 7.08. The highest BCUT2D eigenvalue weighted by Crippen LogP contribution is 2.40. The van der Waals surface area contributed by atoms with E-state index in [1.807, 2.05) is 18.2 Å². The van der Waals surface area contributed by atoms with Gasteiger partial charge in [0.15, 0.2) is 9.84 Å². The van der Waals surface area contributed by atoms with Crippen LogP contribution in [0.25, 0.3) is 0 Å². The van der Waals surface area contributed by atoms with Crippen molar-refractivity contribution in [3.05, 3.63) is 35.9 Å². The lowest BCUT2D eigenvalue weighted by Crippen LogP contribution is -2.39. The van der Waals surface area contributed by atoms with Crippen LogP contribution in [-0.2, 0) is 25.8 Å². The van der Waals surface area contributed by atoms with Gasteiger partial charge in [-0.25, -0.2) is 8.42 Å². The molecule has 2 fully saturated rings. The van der Waals surface area contributed by atoms with Gasteiger partial charge < -0.3 is 10.2 Å². The van der Waals surface area contributed by atoms with Crippen LogP contribution in [0.4, 0.5) is 0 Å². The van der Waals surface area contributed by atoms with E-state index in [2.05, 4.69) is 17.4 Å². The van der Waals surface area contributed by atoms with Crippen molar-refractivity contribution >= 4 is 21.7 Å². The van der Waals surface area contributed by atoms with Crippen molar-refractivity contribution in [2.75, 3.05) is 25.1 Å². The van der Waals surface area contributed by atoms with Crippen LogP contribution in [0.15, 0.2) is 30.3 Å². The quantitative estimate of drug-likeness (QED) is 0.718. The van der Waals surface area contributed by atoms with Crippen molar-refractivity contribution in [2.45, 2.75) is 31.7 Å². The monoisotopic (exact) mass is 378 g/mol. The van der Waals surface area contributed by atoms with Gasteiger partial charge in [0.2, 0.25) is 11.8 Å². The lowest BCUT2D eigenvalue weighted by atomic mass is 10.1. The number of hydrogen-bond donors (Lipinski definition) is 1. The second kappa shape index (κ2) is 7.78. The zero-order valence-electron chi connectivity index (χ0n) is 15.1. The third-order valence-electron chi connectivity index (χ3n) is 5.33. The fraction of sp³-hybridized carbons (Fsp3) is 0.579. The number of benzene rings is 1. The Morgan fingerprint density at radius 1 is 1.19 bits per heavy atom. The van der Waals surface area contributed by atoms with Gasteiger partial charge in [-0.05, 0) is 31.2 Å². The van der Waals surface area contributed by atoms with Crippen LogP contribution >= 0.6 is 0 Å². The normalized spacial score (nSPS) is 26.3. The molecule has 0 spiro atoms. The molecule has 1 N–H and O–H groups in total. The Hall–Kier alpha value is -1.89. The Bertz CT molecular complexity index is 763. The molecule has 0 radical (unpaired) electrons. The highest BCUT2D eigenvalue weighted by Gasteiger charge is 2.50. The molecule has 1 heterocycles. The molecule has 26 heavy (non-hydrogen) atoms. The standard InChI is InChI=1S/C19H26N2O4S/c1-21(15-9-11-26(24,25)13-15)19(23)17-12-16(17)18(22)20-10-5-8-14-6-3-2-4-7-14/h2-4,6-7,15-17H,5,8-13H2,1H3,(H,20,22). The highest BCUT2D eigenvalue weighted by molar-refractivity contribution is 7.91. The van der Waals surface area contributed by atoms with Gasteiger partial charge in [-0.15, -0.1) is 0 Å². The molecular formula is C19H26N2O4S. The van der Waals surface area contributed by atoms with Crippen LogP contribution < -0.4 is 5.32 Å². The molecule has 6 nitrogen and oxygen atoms in total. The van der Waals surface area contributed by atoms with Gasteiger partial charge in [-0.2, -0.15) is 0 Å². The second-order valence-corrected chi connectivity index (χ2v) is 9.56. The van der Waals surface area contributed by atoms with Gasteiger partial charge in [0.25, 0.3) is 0 Å². The number of hydrogen-bond acceptors (Lipinski definition) is 4. The SMILES string of the molecule is CN(C(=O)C1CC1C(=O)NCCCc1ccccc1)C1CCS(=O)(=O)C1. The summed E-state index contributed by atoms with van der Waals surface area (Å²) < 4.78 is 23.1. The molecule has 1 saturated carbocycles. The molecule has 0 bridgehead atoms. The van der Waals surface area contributed by atoms with E-state index in [1.165, 1.54) is 10.5 Å². The number of rotatable bonds is 7. The van der Waals surface area contributed by atoms with E-state index < -0.39 is 9.84 Å². The maximum absolute atomic E-state index is 12.5. The predicted octanol–water partition coefficient (Wildman–Crippen LogP) is 1.02. The van der Waals surface area contributed by atoms with Crippen LogP contribution in [0.2, 0.25) is 0 Å². The number of nitrogens with one attached hydrogen (secondary N) is 1. The largest absolute Gasteiger partial charge is 0.356 e. The van der Waals surface area contributed by atoms with Crippen molar-refractivity contribution in [3.8, 4) is 0 Å². The first-order valence-corrected chi connectivity index (χ1v) is 11.0. The average molecular weight is 378 g/mol. The van der Waals surface area contributed by atoms with Crippen molar-refractivity contribution in [2.24, 2.45) is 11.8 Å². The van der Waals surface area contributed by atoms with E-state index in [4.69, 9.17) is 0 Å². The van der Waals surface area contributed by atoms with Gasteiger partial charge >= 0.3 is 0 Å². The summed E-state index contributed by atoms with van der Waals surface area (Å²) in [5, 5.41) is 2.92. The lowest BCUT2D eigenvalue weighted by molar-refractivity contribution is -0.135. The summed E-state index contributed by atoms with van der Waals surface area (Å²) in [7, 11) is -1.37. The number of nitrogens with zero attached hydrogens (tertiary/aromatic N) is 1. The summed E-state index contributed by atoms with van der Waals surface area (Å²) in [5.74, 6) is -0.540. The van der Waals surface area contributed by atoms with Crippen LogP contribution in [0.3, 0.4) is 0 Å². The van der Waals surface area contributed by atoms with E-state index in [9.17, 15) is 18.0 Å². The maximum Gasteiger partial charge on any atom is 0.226 e. The molecule has 2 aliphatic rings. The zero-order chi connectivity index (χ0) is 18.7. The lowest BCUT2D eigenvalue weighted by Gasteiger charge is -2.23. The molecule has 1 saturated heterocycles. The van der Waals surface area contributed by atoms with E-state index in [-0.39, 0.29) is 41.2 Å². The predicted molar refractivity (Wildman–Crippen MR) is 99.2 cm³/mol. The Morgan fingerprint density at radius 3 is 2.58 bits per heavy atom. The highest BCUT2D eigenvalue weighted by atomic mass is 32.2. The summed E-state index contributed by atoms with van der Waals surface area (Å²) in [5.41, 5.74) is 1.24. The summed E-state index contributed by atoms with van der Waals surface area (Å²) in [4.78, 5) is 26.2. The van der Waals surface area contributed by atoms with Crippen molar-refractivity contribution in [1.29, 1.82) is 0 Å². The Labute approximate surface area is 154 Å². The second-order valence-electron chi connectivity index (χ2n) is 7.33. The topological polar surface area (TPSA) is 83.6 Å². The molecule has 1 aromatic carbocycles. The maximum atomic E-state index is 12.5. The molecule has 142 valence electrons. The van der Waals surface area contributed by atoms with Gasteiger partial charge in [-0.3, -0.25) is 9.59 Å². The smallest absolute Gasteiger partial charge is 0.226 e. The van der Waals surface area contributed by atoms with E-state index >= 15 is 0 Å².